The predicted molar refractivity (Wildman–Crippen MR) is 72.5 cm³/mol. The summed E-state index contributed by atoms with van der Waals surface area (Å²) in [6.07, 6.45) is 1.51. The number of nitrogens with one attached hydrogen (secondary N) is 1. The lowest BCUT2D eigenvalue weighted by Crippen LogP contribution is -2.28. The van der Waals surface area contributed by atoms with Gasteiger partial charge in [-0.25, -0.2) is 4.39 Å². The molecule has 6 heteroatoms. The fraction of sp³-hybridized carbons (Fsp3) is 0.200. The number of rotatable bonds is 6. The van der Waals surface area contributed by atoms with Crippen LogP contribution in [0.25, 0.3) is 0 Å². The number of amides is 1. The van der Waals surface area contributed by atoms with E-state index in [1.54, 1.807) is 12.1 Å². The number of furan rings is 1. The average Bonchev–Trinajstić information content (AvgIpc) is 2.97. The highest BCUT2D eigenvalue weighted by molar-refractivity contribution is 5.96. The van der Waals surface area contributed by atoms with E-state index in [0.717, 1.165) is 6.07 Å². The number of hydrogen-bond donors (Lipinski definition) is 1. The molecule has 2 aromatic rings. The molecule has 0 radical (unpaired) electrons. The van der Waals surface area contributed by atoms with Crippen molar-refractivity contribution in [3.05, 3.63) is 53.7 Å². The third-order valence-corrected chi connectivity index (χ3v) is 2.72. The molecule has 110 valence electrons. The third-order valence-electron chi connectivity index (χ3n) is 2.72. The molecule has 5 nitrogen and oxygen atoms in total. The minimum atomic E-state index is -0.533. The molecule has 2 rings (SSSR count). The van der Waals surface area contributed by atoms with Gasteiger partial charge >= 0.3 is 0 Å². The summed E-state index contributed by atoms with van der Waals surface area (Å²) in [5.74, 6) is -0.438. The second-order valence-electron chi connectivity index (χ2n) is 4.34. The van der Waals surface area contributed by atoms with E-state index in [9.17, 15) is 14.0 Å². The van der Waals surface area contributed by atoms with E-state index in [1.165, 1.54) is 25.3 Å². The van der Waals surface area contributed by atoms with E-state index in [2.05, 4.69) is 5.32 Å². The van der Waals surface area contributed by atoms with Crippen molar-refractivity contribution in [2.75, 3.05) is 6.61 Å². The van der Waals surface area contributed by atoms with Gasteiger partial charge in [-0.2, -0.15) is 0 Å². The Labute approximate surface area is 120 Å². The minimum absolute atomic E-state index is 0.105. The zero-order chi connectivity index (χ0) is 15.2. The Morgan fingerprint density at radius 3 is 2.81 bits per heavy atom. The maximum absolute atomic E-state index is 13.1. The van der Waals surface area contributed by atoms with Crippen molar-refractivity contribution in [3.63, 3.8) is 0 Å². The van der Waals surface area contributed by atoms with Gasteiger partial charge in [-0.05, 0) is 37.3 Å². The highest BCUT2D eigenvalue weighted by Gasteiger charge is 2.11. The van der Waals surface area contributed by atoms with Gasteiger partial charge in [0.15, 0.2) is 12.4 Å². The standard InChI is InChI=1S/C15H14FNO4/c1-10(18)13-7-11(16)4-5-14(13)21-9-15(19)17-8-12-3-2-6-20-12/h2-7H,8-9H2,1H3,(H,17,19). The largest absolute Gasteiger partial charge is 0.483 e. The summed E-state index contributed by atoms with van der Waals surface area (Å²) in [5, 5.41) is 2.60. The summed E-state index contributed by atoms with van der Waals surface area (Å²) in [6, 6.07) is 7.03. The summed E-state index contributed by atoms with van der Waals surface area (Å²) in [4.78, 5) is 23.0. The summed E-state index contributed by atoms with van der Waals surface area (Å²) in [5.41, 5.74) is 0.105. The quantitative estimate of drug-likeness (QED) is 0.829. The molecule has 0 aliphatic rings. The van der Waals surface area contributed by atoms with Crippen molar-refractivity contribution in [1.29, 1.82) is 0 Å². The molecule has 0 bridgehead atoms. The minimum Gasteiger partial charge on any atom is -0.483 e. The number of ketones is 1. The number of hydrogen-bond acceptors (Lipinski definition) is 4. The van der Waals surface area contributed by atoms with E-state index in [0.29, 0.717) is 5.76 Å². The van der Waals surface area contributed by atoms with Gasteiger partial charge in [0, 0.05) is 0 Å². The normalized spacial score (nSPS) is 10.2. The number of Topliss-reactive ketones (excluding diaryl/α,β-unsaturated/α-hetero) is 1. The van der Waals surface area contributed by atoms with Crippen molar-refractivity contribution < 1.29 is 23.1 Å². The number of benzene rings is 1. The lowest BCUT2D eigenvalue weighted by Gasteiger charge is -2.09. The van der Waals surface area contributed by atoms with Gasteiger partial charge in [0.25, 0.3) is 5.91 Å². The molecular weight excluding hydrogens is 277 g/mol. The fourth-order valence-corrected chi connectivity index (χ4v) is 1.70. The van der Waals surface area contributed by atoms with Gasteiger partial charge in [-0.1, -0.05) is 0 Å². The Bertz CT molecular complexity index is 637. The molecule has 1 aromatic carbocycles. The van der Waals surface area contributed by atoms with E-state index in [1.807, 2.05) is 0 Å². The van der Waals surface area contributed by atoms with E-state index < -0.39 is 5.82 Å². The Morgan fingerprint density at radius 2 is 2.14 bits per heavy atom. The first kappa shape index (κ1) is 14.8. The number of carbonyl (C=O) groups is 2. The molecule has 0 spiro atoms. The molecule has 0 atom stereocenters. The molecule has 0 saturated heterocycles. The van der Waals surface area contributed by atoms with Crippen LogP contribution in [0, 0.1) is 5.82 Å². The van der Waals surface area contributed by atoms with Crippen LogP contribution in [0.15, 0.2) is 41.0 Å². The predicted octanol–water partition coefficient (Wildman–Crippen LogP) is 2.32. The van der Waals surface area contributed by atoms with Gasteiger partial charge in [0.05, 0.1) is 18.4 Å². The van der Waals surface area contributed by atoms with Crippen LogP contribution in [0.3, 0.4) is 0 Å². The van der Waals surface area contributed by atoms with Crippen LogP contribution in [0.2, 0.25) is 0 Å². The first-order valence-electron chi connectivity index (χ1n) is 6.28. The molecule has 0 fully saturated rings. The molecule has 1 aromatic heterocycles. The average molecular weight is 291 g/mol. The number of ether oxygens (including phenoxy) is 1. The zero-order valence-electron chi connectivity index (χ0n) is 11.4. The maximum atomic E-state index is 13.1. The van der Waals surface area contributed by atoms with Crippen LogP contribution < -0.4 is 10.1 Å². The smallest absolute Gasteiger partial charge is 0.258 e. The van der Waals surface area contributed by atoms with Gasteiger partial charge in [0.2, 0.25) is 0 Å². The lowest BCUT2D eigenvalue weighted by atomic mass is 10.1. The zero-order valence-corrected chi connectivity index (χ0v) is 11.4. The van der Waals surface area contributed by atoms with Gasteiger partial charge in [0.1, 0.15) is 17.3 Å². The molecule has 0 aliphatic heterocycles. The fourth-order valence-electron chi connectivity index (χ4n) is 1.70. The molecule has 0 unspecified atom stereocenters. The highest BCUT2D eigenvalue weighted by Crippen LogP contribution is 2.20. The second kappa shape index (κ2) is 6.69. The van der Waals surface area contributed by atoms with Crippen LogP contribution in [-0.4, -0.2) is 18.3 Å². The van der Waals surface area contributed by atoms with Crippen molar-refractivity contribution in [3.8, 4) is 5.75 Å². The number of carbonyl (C=O) groups excluding carboxylic acids is 2. The highest BCUT2D eigenvalue weighted by atomic mass is 19.1. The Morgan fingerprint density at radius 1 is 1.33 bits per heavy atom. The first-order chi connectivity index (χ1) is 10.1. The summed E-state index contributed by atoms with van der Waals surface area (Å²) in [6.45, 7) is 1.28. The van der Waals surface area contributed by atoms with Gasteiger partial charge in [-0.3, -0.25) is 9.59 Å². The number of halogens is 1. The van der Waals surface area contributed by atoms with Crippen molar-refractivity contribution >= 4 is 11.7 Å². The third kappa shape index (κ3) is 4.17. The van der Waals surface area contributed by atoms with E-state index >= 15 is 0 Å². The molecule has 1 amide bonds. The summed E-state index contributed by atoms with van der Waals surface area (Å²) < 4.78 is 23.4. The molecule has 21 heavy (non-hydrogen) atoms. The van der Waals surface area contributed by atoms with Crippen LogP contribution in [-0.2, 0) is 11.3 Å². The Balaban J connectivity index is 1.90. The Kier molecular flexibility index (Phi) is 4.71. The monoisotopic (exact) mass is 291 g/mol. The maximum Gasteiger partial charge on any atom is 0.258 e. The van der Waals surface area contributed by atoms with Crippen LogP contribution in [0.1, 0.15) is 23.0 Å². The van der Waals surface area contributed by atoms with Crippen molar-refractivity contribution in [1.82, 2.24) is 5.32 Å². The molecular formula is C15H14FNO4. The SMILES string of the molecule is CC(=O)c1cc(F)ccc1OCC(=O)NCc1ccco1. The summed E-state index contributed by atoms with van der Waals surface area (Å²) >= 11 is 0. The van der Waals surface area contributed by atoms with Gasteiger partial charge < -0.3 is 14.5 Å². The van der Waals surface area contributed by atoms with Crippen LogP contribution in [0.5, 0.6) is 5.75 Å². The second-order valence-corrected chi connectivity index (χ2v) is 4.34. The van der Waals surface area contributed by atoms with E-state index in [4.69, 9.17) is 9.15 Å². The molecule has 1 heterocycles. The molecule has 0 aliphatic carbocycles. The van der Waals surface area contributed by atoms with E-state index in [-0.39, 0.29) is 36.2 Å². The lowest BCUT2D eigenvalue weighted by molar-refractivity contribution is -0.123. The van der Waals surface area contributed by atoms with Crippen molar-refractivity contribution in [2.24, 2.45) is 0 Å². The Hall–Kier alpha value is -2.63. The first-order valence-corrected chi connectivity index (χ1v) is 6.28. The van der Waals surface area contributed by atoms with Crippen LogP contribution >= 0.6 is 0 Å². The van der Waals surface area contributed by atoms with Crippen molar-refractivity contribution in [2.45, 2.75) is 13.5 Å². The summed E-state index contributed by atoms with van der Waals surface area (Å²) in [7, 11) is 0. The van der Waals surface area contributed by atoms with Crippen LogP contribution in [0.4, 0.5) is 4.39 Å². The molecule has 1 N–H and O–H groups in total. The van der Waals surface area contributed by atoms with Gasteiger partial charge in [-0.15, -0.1) is 0 Å². The topological polar surface area (TPSA) is 68.5 Å². The molecule has 0 saturated carbocycles.